The minimum Gasteiger partial charge on any atom is -0.493 e. The molecule has 3 atom stereocenters. The molecule has 1 aliphatic heterocycles. The molecule has 292 valence electrons. The highest BCUT2D eigenvalue weighted by molar-refractivity contribution is 6.03. The first kappa shape index (κ1) is 42.9. The third-order valence-electron chi connectivity index (χ3n) is 8.91. The van der Waals surface area contributed by atoms with Crippen LogP contribution in [-0.4, -0.2) is 89.2 Å². The Morgan fingerprint density at radius 2 is 1.72 bits per heavy atom. The molecule has 2 aromatic carbocycles. The fourth-order valence-electron chi connectivity index (χ4n) is 5.79. The van der Waals surface area contributed by atoms with E-state index in [-0.39, 0.29) is 81.6 Å². The number of carboxylic acid groups (broad SMARTS) is 1. The topological polar surface area (TPSA) is 198 Å². The van der Waals surface area contributed by atoms with Gasteiger partial charge in [-0.2, -0.15) is 0 Å². The van der Waals surface area contributed by atoms with Gasteiger partial charge in [0.05, 0.1) is 48.9 Å². The van der Waals surface area contributed by atoms with Crippen LogP contribution in [0.25, 0.3) is 0 Å². The number of anilines is 1. The number of carbonyl (C=O) groups is 6. The summed E-state index contributed by atoms with van der Waals surface area (Å²) in [5.41, 5.74) is 2.93. The maximum Gasteiger partial charge on any atom is 0.411 e. The van der Waals surface area contributed by atoms with Crippen LogP contribution in [0.2, 0.25) is 0 Å². The van der Waals surface area contributed by atoms with E-state index >= 15 is 0 Å². The van der Waals surface area contributed by atoms with Gasteiger partial charge in [-0.1, -0.05) is 62.9 Å². The van der Waals surface area contributed by atoms with Crippen molar-refractivity contribution in [2.24, 2.45) is 11.8 Å². The minimum absolute atomic E-state index is 0.0310. The number of ether oxygens (including phenoxy) is 3. The van der Waals surface area contributed by atoms with Crippen LogP contribution in [0.3, 0.4) is 0 Å². The molecule has 0 spiro atoms. The second-order valence-corrected chi connectivity index (χ2v) is 13.6. The standard InChI is InChI=1S/C40H51N3O11/c1-7-14-53-37(48)19-31(24(2)3)38(49)41-27(6)34(45)18-28-10-12-29(13-11-28)23-54-40(51)42-33-20-35(52-15-8-9-36(46)47)26(5)17-32(33)39(50)43-21-25(4)16-30(43)22-44/h7,10-13,17,20,24,27,30-31,44H,1,4,8-9,14-16,18-19,21-23H2,2-3,5-6H3,(H,41,49)(H,42,51)(H,46,47)/t27-,30-,31-/m0/s1. The molecule has 3 rings (SSSR count). The Hall–Kier alpha value is -5.50. The number of Topliss-reactive ketones (excluding diaryl/α,β-unsaturated/α-hetero) is 1. The number of esters is 1. The number of aliphatic carboxylic acids is 1. The van der Waals surface area contributed by atoms with Crippen LogP contribution >= 0.6 is 0 Å². The molecule has 3 amide bonds. The Balaban J connectivity index is 1.63. The number of carboxylic acids is 1. The molecule has 2 aromatic rings. The Kier molecular flexibility index (Phi) is 16.4. The van der Waals surface area contributed by atoms with Gasteiger partial charge in [0.1, 0.15) is 19.0 Å². The number of ketones is 1. The second-order valence-electron chi connectivity index (χ2n) is 13.6. The number of benzene rings is 2. The van der Waals surface area contributed by atoms with E-state index in [1.54, 1.807) is 44.2 Å². The van der Waals surface area contributed by atoms with Crippen molar-refractivity contribution in [2.45, 2.75) is 78.5 Å². The zero-order valence-electron chi connectivity index (χ0n) is 31.4. The molecule has 0 saturated carbocycles. The highest BCUT2D eigenvalue weighted by Gasteiger charge is 2.33. The van der Waals surface area contributed by atoms with Crippen LogP contribution in [0, 0.1) is 18.8 Å². The molecule has 14 heteroatoms. The van der Waals surface area contributed by atoms with Crippen LogP contribution in [0.4, 0.5) is 10.5 Å². The van der Waals surface area contributed by atoms with Gasteiger partial charge in [0, 0.05) is 25.5 Å². The summed E-state index contributed by atoms with van der Waals surface area (Å²) >= 11 is 0. The number of nitrogens with one attached hydrogen (secondary N) is 2. The van der Waals surface area contributed by atoms with Crippen LogP contribution in [-0.2, 0) is 41.7 Å². The van der Waals surface area contributed by atoms with Crippen molar-refractivity contribution in [3.63, 3.8) is 0 Å². The van der Waals surface area contributed by atoms with E-state index < -0.39 is 47.8 Å². The molecule has 0 unspecified atom stereocenters. The monoisotopic (exact) mass is 749 g/mol. The number of nitrogens with zero attached hydrogens (tertiary/aromatic N) is 1. The van der Waals surface area contributed by atoms with Crippen LogP contribution in [0.1, 0.15) is 73.5 Å². The average Bonchev–Trinajstić information content (AvgIpc) is 3.51. The van der Waals surface area contributed by atoms with Gasteiger partial charge in [0.15, 0.2) is 5.78 Å². The summed E-state index contributed by atoms with van der Waals surface area (Å²) in [6, 6.07) is 8.60. The number of aryl methyl sites for hydroxylation is 1. The summed E-state index contributed by atoms with van der Waals surface area (Å²) in [5, 5.41) is 24.1. The summed E-state index contributed by atoms with van der Waals surface area (Å²) in [6.07, 6.45) is 1.13. The predicted molar refractivity (Wildman–Crippen MR) is 200 cm³/mol. The molecule has 0 radical (unpaired) electrons. The van der Waals surface area contributed by atoms with E-state index in [0.29, 0.717) is 28.9 Å². The molecule has 0 bridgehead atoms. The Morgan fingerprint density at radius 1 is 1.04 bits per heavy atom. The SMILES string of the molecule is C=CCOC(=O)C[C@H](C(=O)N[C@@H](C)C(=O)Cc1ccc(COC(=O)Nc2cc(OCCCC(=O)O)c(C)cc2C(=O)N2CC(=C)C[C@H]2CO)cc1)C(C)C. The lowest BCUT2D eigenvalue weighted by molar-refractivity contribution is -0.146. The first-order valence-corrected chi connectivity index (χ1v) is 17.8. The lowest BCUT2D eigenvalue weighted by atomic mass is 9.91. The van der Waals surface area contributed by atoms with E-state index in [0.717, 1.165) is 5.57 Å². The van der Waals surface area contributed by atoms with Crippen molar-refractivity contribution in [1.29, 1.82) is 0 Å². The summed E-state index contributed by atoms with van der Waals surface area (Å²) < 4.78 is 16.2. The first-order chi connectivity index (χ1) is 25.6. The smallest absolute Gasteiger partial charge is 0.411 e. The summed E-state index contributed by atoms with van der Waals surface area (Å²) in [7, 11) is 0. The number of carbonyl (C=O) groups excluding carboxylic acids is 5. The van der Waals surface area contributed by atoms with E-state index in [1.165, 1.54) is 17.0 Å². The van der Waals surface area contributed by atoms with Gasteiger partial charge >= 0.3 is 18.0 Å². The zero-order valence-corrected chi connectivity index (χ0v) is 31.4. The number of hydrogen-bond donors (Lipinski definition) is 4. The van der Waals surface area contributed by atoms with Crippen molar-refractivity contribution < 1.29 is 53.2 Å². The Bertz CT molecular complexity index is 1700. The fraction of sp³-hybridized carbons (Fsp3) is 0.450. The van der Waals surface area contributed by atoms with E-state index in [1.807, 2.05) is 13.8 Å². The number of aliphatic hydroxyl groups excluding tert-OH is 1. The molecule has 0 aromatic heterocycles. The van der Waals surface area contributed by atoms with Crippen molar-refractivity contribution in [2.75, 3.05) is 31.7 Å². The molecular weight excluding hydrogens is 698 g/mol. The van der Waals surface area contributed by atoms with Crippen LogP contribution < -0.4 is 15.4 Å². The predicted octanol–water partition coefficient (Wildman–Crippen LogP) is 4.76. The van der Waals surface area contributed by atoms with Gasteiger partial charge in [0.25, 0.3) is 5.91 Å². The molecule has 1 saturated heterocycles. The van der Waals surface area contributed by atoms with Gasteiger partial charge in [-0.25, -0.2) is 4.79 Å². The van der Waals surface area contributed by atoms with E-state index in [4.69, 9.17) is 19.3 Å². The van der Waals surface area contributed by atoms with Gasteiger partial charge < -0.3 is 34.6 Å². The van der Waals surface area contributed by atoms with Crippen molar-refractivity contribution >= 4 is 41.3 Å². The second kappa shape index (κ2) is 20.7. The van der Waals surface area contributed by atoms with Crippen molar-refractivity contribution in [1.82, 2.24) is 10.2 Å². The largest absolute Gasteiger partial charge is 0.493 e. The van der Waals surface area contributed by atoms with Crippen LogP contribution in [0.5, 0.6) is 5.75 Å². The summed E-state index contributed by atoms with van der Waals surface area (Å²) in [6.45, 7) is 14.4. The minimum atomic E-state index is -0.955. The lowest BCUT2D eigenvalue weighted by Gasteiger charge is -2.24. The first-order valence-electron chi connectivity index (χ1n) is 17.8. The van der Waals surface area contributed by atoms with Crippen LogP contribution in [0.15, 0.2) is 61.2 Å². The molecule has 1 aliphatic rings. The third kappa shape index (κ3) is 12.9. The van der Waals surface area contributed by atoms with Crippen molar-refractivity contribution in [3.8, 4) is 5.75 Å². The molecule has 1 heterocycles. The van der Waals surface area contributed by atoms with E-state index in [9.17, 15) is 33.9 Å². The Labute approximate surface area is 315 Å². The van der Waals surface area contributed by atoms with Gasteiger partial charge in [0.2, 0.25) is 5.91 Å². The van der Waals surface area contributed by atoms with E-state index in [2.05, 4.69) is 23.8 Å². The molecule has 14 nitrogen and oxygen atoms in total. The number of rotatable bonds is 20. The Morgan fingerprint density at radius 3 is 2.35 bits per heavy atom. The lowest BCUT2D eigenvalue weighted by Crippen LogP contribution is -2.44. The average molecular weight is 750 g/mol. The molecular formula is C40H51N3O11. The molecule has 0 aliphatic carbocycles. The number of hydrogen-bond acceptors (Lipinski definition) is 10. The number of amides is 3. The maximum atomic E-state index is 13.7. The zero-order chi connectivity index (χ0) is 39.9. The third-order valence-corrected chi connectivity index (χ3v) is 8.91. The highest BCUT2D eigenvalue weighted by atomic mass is 16.5. The quantitative estimate of drug-likeness (QED) is 0.0828. The van der Waals surface area contributed by atoms with Crippen molar-refractivity contribution in [3.05, 3.63) is 83.5 Å². The summed E-state index contributed by atoms with van der Waals surface area (Å²) in [4.78, 5) is 77.1. The molecule has 54 heavy (non-hydrogen) atoms. The maximum absolute atomic E-state index is 13.7. The highest BCUT2D eigenvalue weighted by Crippen LogP contribution is 2.31. The van der Waals surface area contributed by atoms with Gasteiger partial charge in [-0.15, -0.1) is 0 Å². The molecule has 1 fully saturated rings. The fourth-order valence-corrected chi connectivity index (χ4v) is 5.79. The molecule has 4 N–H and O–H groups in total. The number of likely N-dealkylation sites (tertiary alicyclic amines) is 1. The summed E-state index contributed by atoms with van der Waals surface area (Å²) in [5.74, 6) is -3.03. The normalized spacial score (nSPS) is 14.9. The number of aliphatic hydroxyl groups is 1. The van der Waals surface area contributed by atoms with Gasteiger partial charge in [-0.3, -0.25) is 29.3 Å². The van der Waals surface area contributed by atoms with Gasteiger partial charge in [-0.05, 0) is 55.4 Å².